The van der Waals surface area contributed by atoms with Crippen LogP contribution in [0.25, 0.3) is 22.3 Å². The SMILES string of the molecule is Cc1ccc2c(N3CCC(NC(=O)CCc4ccccn4)CC3)nc(-c3ccccc3P)nc2c1. The van der Waals surface area contributed by atoms with Crippen LogP contribution in [0.1, 0.15) is 30.5 Å². The molecule has 0 saturated carbocycles. The summed E-state index contributed by atoms with van der Waals surface area (Å²) in [4.78, 5) is 29.1. The summed E-state index contributed by atoms with van der Waals surface area (Å²) in [5, 5.41) is 5.37. The molecule has 1 aliphatic rings. The number of rotatable bonds is 6. The van der Waals surface area contributed by atoms with Crippen molar-refractivity contribution in [3.63, 3.8) is 0 Å². The number of hydrogen-bond donors (Lipinski definition) is 1. The maximum absolute atomic E-state index is 12.5. The highest BCUT2D eigenvalue weighted by atomic mass is 31.0. The second-order valence-electron chi connectivity index (χ2n) is 9.13. The van der Waals surface area contributed by atoms with E-state index in [0.29, 0.717) is 12.8 Å². The highest BCUT2D eigenvalue weighted by Gasteiger charge is 2.24. The van der Waals surface area contributed by atoms with Gasteiger partial charge in [-0.2, -0.15) is 0 Å². The minimum atomic E-state index is 0.0939. The Balaban J connectivity index is 1.30. The van der Waals surface area contributed by atoms with Crippen molar-refractivity contribution in [2.75, 3.05) is 18.0 Å². The monoisotopic (exact) mass is 483 g/mol. The second-order valence-corrected chi connectivity index (χ2v) is 9.75. The molecule has 1 unspecified atom stereocenters. The van der Waals surface area contributed by atoms with E-state index in [2.05, 4.69) is 61.7 Å². The molecule has 3 heterocycles. The van der Waals surface area contributed by atoms with Crippen molar-refractivity contribution in [3.8, 4) is 11.4 Å². The van der Waals surface area contributed by atoms with E-state index in [1.165, 1.54) is 5.56 Å². The Hall–Kier alpha value is -3.37. The van der Waals surface area contributed by atoms with Gasteiger partial charge in [-0.1, -0.05) is 36.4 Å². The first kappa shape index (κ1) is 23.4. The number of carbonyl (C=O) groups excluding carboxylic acids is 1. The molecule has 1 saturated heterocycles. The first-order valence-corrected chi connectivity index (χ1v) is 12.7. The quantitative estimate of drug-likeness (QED) is 0.416. The fraction of sp³-hybridized carbons (Fsp3) is 0.286. The molecule has 6 nitrogen and oxygen atoms in total. The fourth-order valence-corrected chi connectivity index (χ4v) is 4.94. The Morgan fingerprint density at radius 1 is 1.06 bits per heavy atom. The van der Waals surface area contributed by atoms with Crippen LogP contribution in [0.15, 0.2) is 66.9 Å². The number of anilines is 1. The van der Waals surface area contributed by atoms with Crippen LogP contribution in [-0.4, -0.2) is 40.0 Å². The molecular formula is C28H30N5OP. The minimum Gasteiger partial charge on any atom is -0.356 e. The average Bonchev–Trinajstić information content (AvgIpc) is 2.88. The summed E-state index contributed by atoms with van der Waals surface area (Å²) in [7, 11) is 2.79. The van der Waals surface area contributed by atoms with Crippen molar-refractivity contribution < 1.29 is 4.79 Å². The van der Waals surface area contributed by atoms with E-state index < -0.39 is 0 Å². The zero-order chi connectivity index (χ0) is 24.2. The molecular weight excluding hydrogens is 453 g/mol. The van der Waals surface area contributed by atoms with Gasteiger partial charge in [-0.3, -0.25) is 9.78 Å². The van der Waals surface area contributed by atoms with E-state index in [-0.39, 0.29) is 11.9 Å². The molecule has 35 heavy (non-hydrogen) atoms. The van der Waals surface area contributed by atoms with Gasteiger partial charge in [0.15, 0.2) is 5.82 Å². The molecule has 1 N–H and O–H groups in total. The number of piperidine rings is 1. The van der Waals surface area contributed by atoms with Gasteiger partial charge in [0.25, 0.3) is 0 Å². The van der Waals surface area contributed by atoms with Crippen LogP contribution in [0.4, 0.5) is 5.82 Å². The molecule has 0 spiro atoms. The third kappa shape index (κ3) is 5.49. The van der Waals surface area contributed by atoms with Crippen LogP contribution < -0.4 is 15.5 Å². The summed E-state index contributed by atoms with van der Waals surface area (Å²) in [6, 6.07) is 20.5. The Bertz CT molecular complexity index is 1340. The summed E-state index contributed by atoms with van der Waals surface area (Å²) in [5.41, 5.74) is 4.12. The van der Waals surface area contributed by atoms with Gasteiger partial charge in [-0.05, 0) is 61.3 Å². The zero-order valence-corrected chi connectivity index (χ0v) is 21.1. The summed E-state index contributed by atoms with van der Waals surface area (Å²) < 4.78 is 0. The summed E-state index contributed by atoms with van der Waals surface area (Å²) >= 11 is 0. The van der Waals surface area contributed by atoms with Crippen LogP contribution in [-0.2, 0) is 11.2 Å². The topological polar surface area (TPSA) is 71.0 Å². The van der Waals surface area contributed by atoms with Crippen LogP contribution in [0.2, 0.25) is 0 Å². The van der Waals surface area contributed by atoms with Gasteiger partial charge in [-0.15, -0.1) is 9.24 Å². The molecule has 2 aromatic carbocycles. The number of fused-ring (bicyclic) bond motifs is 1. The Morgan fingerprint density at radius 2 is 1.86 bits per heavy atom. The van der Waals surface area contributed by atoms with E-state index in [9.17, 15) is 4.79 Å². The van der Waals surface area contributed by atoms with Crippen molar-refractivity contribution >= 4 is 37.2 Å². The number of aryl methyl sites for hydroxylation is 2. The average molecular weight is 484 g/mol. The number of nitrogens with zero attached hydrogens (tertiary/aromatic N) is 4. The normalized spacial score (nSPS) is 14.3. The lowest BCUT2D eigenvalue weighted by atomic mass is 10.0. The highest BCUT2D eigenvalue weighted by Crippen LogP contribution is 2.30. The Labute approximate surface area is 208 Å². The molecule has 1 atom stereocenters. The van der Waals surface area contributed by atoms with Gasteiger partial charge in [0, 0.05) is 48.4 Å². The van der Waals surface area contributed by atoms with Crippen molar-refractivity contribution in [2.24, 2.45) is 0 Å². The second kappa shape index (κ2) is 10.5. The van der Waals surface area contributed by atoms with Gasteiger partial charge in [0.05, 0.1) is 5.52 Å². The molecule has 7 heteroatoms. The lowest BCUT2D eigenvalue weighted by molar-refractivity contribution is -0.121. The van der Waals surface area contributed by atoms with Crippen molar-refractivity contribution in [1.29, 1.82) is 0 Å². The first-order valence-electron chi connectivity index (χ1n) is 12.1. The molecule has 0 aliphatic carbocycles. The molecule has 2 aromatic heterocycles. The van der Waals surface area contributed by atoms with E-state index in [1.54, 1.807) is 6.20 Å². The number of carbonyl (C=O) groups is 1. The molecule has 178 valence electrons. The van der Waals surface area contributed by atoms with Gasteiger partial charge in [0.2, 0.25) is 5.91 Å². The highest BCUT2D eigenvalue weighted by molar-refractivity contribution is 7.27. The van der Waals surface area contributed by atoms with E-state index in [0.717, 1.165) is 65.0 Å². The maximum Gasteiger partial charge on any atom is 0.220 e. The molecule has 1 amide bonds. The first-order chi connectivity index (χ1) is 17.1. The largest absolute Gasteiger partial charge is 0.356 e. The Kier molecular flexibility index (Phi) is 7.01. The zero-order valence-electron chi connectivity index (χ0n) is 19.9. The molecule has 1 fully saturated rings. The molecule has 1 aliphatic heterocycles. The molecule has 4 aromatic rings. The Morgan fingerprint density at radius 3 is 2.63 bits per heavy atom. The van der Waals surface area contributed by atoms with Crippen LogP contribution >= 0.6 is 9.24 Å². The summed E-state index contributed by atoms with van der Waals surface area (Å²) in [6.45, 7) is 3.77. The van der Waals surface area contributed by atoms with Crippen LogP contribution in [0.5, 0.6) is 0 Å². The fourth-order valence-electron chi connectivity index (χ4n) is 4.61. The number of nitrogens with one attached hydrogen (secondary N) is 1. The third-order valence-electron chi connectivity index (χ3n) is 6.53. The lowest BCUT2D eigenvalue weighted by Gasteiger charge is -2.34. The van der Waals surface area contributed by atoms with Crippen molar-refractivity contribution in [2.45, 2.75) is 38.6 Å². The van der Waals surface area contributed by atoms with Crippen LogP contribution in [0, 0.1) is 6.92 Å². The molecule has 5 rings (SSSR count). The number of pyridine rings is 1. The predicted octanol–water partition coefficient (Wildman–Crippen LogP) is 4.22. The third-order valence-corrected chi connectivity index (χ3v) is 7.03. The van der Waals surface area contributed by atoms with Crippen molar-refractivity contribution in [3.05, 3.63) is 78.1 Å². The standard InChI is InChI=1S/C28H30N5OP/c1-19-9-11-22-24(18-19)31-27(23-7-2-3-8-25(23)35)32-28(22)33-16-13-21(14-17-33)30-26(34)12-10-20-6-4-5-15-29-20/h2-9,11,15,18,21H,10,12-14,16-17,35H2,1H3,(H,30,34). The van der Waals surface area contributed by atoms with E-state index in [1.807, 2.05) is 30.3 Å². The molecule has 0 bridgehead atoms. The van der Waals surface area contributed by atoms with Crippen molar-refractivity contribution in [1.82, 2.24) is 20.3 Å². The van der Waals surface area contributed by atoms with E-state index >= 15 is 0 Å². The lowest BCUT2D eigenvalue weighted by Crippen LogP contribution is -2.45. The maximum atomic E-state index is 12.5. The summed E-state index contributed by atoms with van der Waals surface area (Å²) in [6.07, 6.45) is 4.68. The number of hydrogen-bond acceptors (Lipinski definition) is 5. The predicted molar refractivity (Wildman–Crippen MR) is 145 cm³/mol. The number of amides is 1. The number of aromatic nitrogens is 3. The molecule has 0 radical (unpaired) electrons. The van der Waals surface area contributed by atoms with Gasteiger partial charge in [0.1, 0.15) is 5.82 Å². The van der Waals surface area contributed by atoms with Gasteiger partial charge < -0.3 is 10.2 Å². The van der Waals surface area contributed by atoms with E-state index in [4.69, 9.17) is 9.97 Å². The smallest absolute Gasteiger partial charge is 0.220 e. The minimum absolute atomic E-state index is 0.0939. The number of benzene rings is 2. The van der Waals surface area contributed by atoms with Gasteiger partial charge >= 0.3 is 0 Å². The summed E-state index contributed by atoms with van der Waals surface area (Å²) in [5.74, 6) is 1.81. The van der Waals surface area contributed by atoms with Gasteiger partial charge in [-0.25, -0.2) is 9.97 Å². The van der Waals surface area contributed by atoms with Crippen LogP contribution in [0.3, 0.4) is 0 Å².